The van der Waals surface area contributed by atoms with E-state index in [-0.39, 0.29) is 6.10 Å². The largest absolute Gasteiger partial charge is 0.453 e. The summed E-state index contributed by atoms with van der Waals surface area (Å²) < 4.78 is 4.90. The van der Waals surface area contributed by atoms with Gasteiger partial charge >= 0.3 is 5.97 Å². The first-order valence-electron chi connectivity index (χ1n) is 5.92. The van der Waals surface area contributed by atoms with E-state index in [1.165, 1.54) is 5.56 Å². The van der Waals surface area contributed by atoms with Gasteiger partial charge in [0.15, 0.2) is 0 Å². The number of benzene rings is 1. The molecule has 0 N–H and O–H groups in total. The van der Waals surface area contributed by atoms with Crippen LogP contribution >= 0.6 is 0 Å². The van der Waals surface area contributed by atoms with E-state index >= 15 is 0 Å². The first kappa shape index (κ1) is 13.3. The second-order valence-corrected chi connectivity index (χ2v) is 4.09. The zero-order valence-corrected chi connectivity index (χ0v) is 10.4. The van der Waals surface area contributed by atoms with E-state index in [4.69, 9.17) is 4.74 Å². The van der Waals surface area contributed by atoms with Crippen molar-refractivity contribution in [1.82, 2.24) is 0 Å². The van der Waals surface area contributed by atoms with E-state index in [1.807, 2.05) is 32.0 Å². The first-order chi connectivity index (χ1) is 8.18. The van der Waals surface area contributed by atoms with Crippen LogP contribution in [0.1, 0.15) is 32.3 Å². The van der Waals surface area contributed by atoms with Gasteiger partial charge in [-0.25, -0.2) is 4.79 Å². The topological polar surface area (TPSA) is 26.3 Å². The minimum Gasteiger partial charge on any atom is -0.453 e. The molecular formula is C15H18O2. The van der Waals surface area contributed by atoms with E-state index in [9.17, 15) is 4.79 Å². The summed E-state index contributed by atoms with van der Waals surface area (Å²) in [4.78, 5) is 11.1. The fourth-order valence-corrected chi connectivity index (χ4v) is 1.40. The number of esters is 1. The highest BCUT2D eigenvalue weighted by Gasteiger charge is 1.99. The SMILES string of the molecule is CC(C)OC(=O)C#CCCCc1ccccc1. The minimum absolute atomic E-state index is 0.0962. The molecule has 0 atom stereocenters. The highest BCUT2D eigenvalue weighted by Crippen LogP contribution is 2.03. The lowest BCUT2D eigenvalue weighted by molar-refractivity contribution is -0.140. The van der Waals surface area contributed by atoms with Crippen molar-refractivity contribution in [3.05, 3.63) is 35.9 Å². The molecule has 0 amide bonds. The standard InChI is InChI=1S/C15H18O2/c1-13(2)17-15(16)12-8-4-7-11-14-9-5-3-6-10-14/h3,5-6,9-10,13H,4,7,11H2,1-2H3. The van der Waals surface area contributed by atoms with Gasteiger partial charge in [0.1, 0.15) is 0 Å². The average molecular weight is 230 g/mol. The van der Waals surface area contributed by atoms with Crippen LogP contribution in [0.5, 0.6) is 0 Å². The maximum Gasteiger partial charge on any atom is 0.384 e. The van der Waals surface area contributed by atoms with Crippen LogP contribution in [0, 0.1) is 11.8 Å². The molecule has 0 saturated carbocycles. The summed E-state index contributed by atoms with van der Waals surface area (Å²) >= 11 is 0. The third-order valence-electron chi connectivity index (χ3n) is 2.14. The Hall–Kier alpha value is -1.75. The normalized spacial score (nSPS) is 9.59. The third kappa shape index (κ3) is 6.42. The quantitative estimate of drug-likeness (QED) is 0.344. The Morgan fingerprint density at radius 3 is 2.65 bits per heavy atom. The van der Waals surface area contributed by atoms with E-state index in [0.717, 1.165) is 19.3 Å². The second kappa shape index (κ2) is 7.51. The van der Waals surface area contributed by atoms with Gasteiger partial charge in [-0.15, -0.1) is 0 Å². The maximum atomic E-state index is 11.1. The Bertz CT molecular complexity index is 396. The lowest BCUT2D eigenvalue weighted by Gasteiger charge is -2.01. The molecule has 1 rings (SSSR count). The predicted octanol–water partition coefficient (Wildman–Crippen LogP) is 2.96. The summed E-state index contributed by atoms with van der Waals surface area (Å²) in [6, 6.07) is 10.3. The summed E-state index contributed by atoms with van der Waals surface area (Å²) in [5, 5.41) is 0. The summed E-state index contributed by atoms with van der Waals surface area (Å²) in [5.74, 6) is 4.89. The van der Waals surface area contributed by atoms with Crippen molar-refractivity contribution in [2.45, 2.75) is 39.2 Å². The number of carbonyl (C=O) groups is 1. The van der Waals surface area contributed by atoms with Crippen molar-refractivity contribution in [2.24, 2.45) is 0 Å². The molecule has 1 aromatic rings. The number of unbranched alkanes of at least 4 members (excludes halogenated alkanes) is 1. The Morgan fingerprint density at radius 1 is 1.29 bits per heavy atom. The fourth-order valence-electron chi connectivity index (χ4n) is 1.40. The molecule has 0 saturated heterocycles. The van der Waals surface area contributed by atoms with Crippen molar-refractivity contribution >= 4 is 5.97 Å². The van der Waals surface area contributed by atoms with Gasteiger partial charge in [0.2, 0.25) is 0 Å². The van der Waals surface area contributed by atoms with Crippen LogP contribution in [-0.2, 0) is 16.0 Å². The molecule has 0 fully saturated rings. The lowest BCUT2D eigenvalue weighted by Crippen LogP contribution is -2.08. The molecule has 0 spiro atoms. The van der Waals surface area contributed by atoms with Crippen molar-refractivity contribution in [2.75, 3.05) is 0 Å². The smallest absolute Gasteiger partial charge is 0.384 e. The van der Waals surface area contributed by atoms with Crippen LogP contribution in [0.15, 0.2) is 30.3 Å². The van der Waals surface area contributed by atoms with Gasteiger partial charge in [0, 0.05) is 12.3 Å². The van der Waals surface area contributed by atoms with Crippen LogP contribution in [0.2, 0.25) is 0 Å². The van der Waals surface area contributed by atoms with Crippen LogP contribution in [-0.4, -0.2) is 12.1 Å². The zero-order chi connectivity index (χ0) is 12.5. The van der Waals surface area contributed by atoms with Crippen LogP contribution < -0.4 is 0 Å². The monoisotopic (exact) mass is 230 g/mol. The highest BCUT2D eigenvalue weighted by atomic mass is 16.5. The zero-order valence-electron chi connectivity index (χ0n) is 10.4. The van der Waals surface area contributed by atoms with Gasteiger partial charge in [0.05, 0.1) is 6.10 Å². The molecule has 2 nitrogen and oxygen atoms in total. The highest BCUT2D eigenvalue weighted by molar-refractivity contribution is 5.88. The molecule has 0 unspecified atom stereocenters. The van der Waals surface area contributed by atoms with E-state index < -0.39 is 5.97 Å². The number of hydrogen-bond acceptors (Lipinski definition) is 2. The molecule has 0 aliphatic rings. The summed E-state index contributed by atoms with van der Waals surface area (Å²) in [6.07, 6.45) is 2.59. The molecule has 90 valence electrons. The summed E-state index contributed by atoms with van der Waals surface area (Å²) in [7, 11) is 0. The Labute approximate surface area is 103 Å². The van der Waals surface area contributed by atoms with Crippen LogP contribution in [0.25, 0.3) is 0 Å². The third-order valence-corrected chi connectivity index (χ3v) is 2.14. The van der Waals surface area contributed by atoms with Gasteiger partial charge in [-0.2, -0.15) is 0 Å². The molecule has 2 heteroatoms. The van der Waals surface area contributed by atoms with Crippen molar-refractivity contribution in [3.63, 3.8) is 0 Å². The predicted molar refractivity (Wildman–Crippen MR) is 68.4 cm³/mol. The number of aryl methyl sites for hydroxylation is 1. The summed E-state index contributed by atoms with van der Waals surface area (Å²) in [6.45, 7) is 3.63. The Balaban J connectivity index is 2.20. The molecule has 17 heavy (non-hydrogen) atoms. The van der Waals surface area contributed by atoms with Crippen molar-refractivity contribution < 1.29 is 9.53 Å². The maximum absolute atomic E-state index is 11.1. The van der Waals surface area contributed by atoms with E-state index in [0.29, 0.717) is 0 Å². The van der Waals surface area contributed by atoms with Crippen LogP contribution in [0.3, 0.4) is 0 Å². The molecule has 0 heterocycles. The van der Waals surface area contributed by atoms with Gasteiger partial charge in [-0.1, -0.05) is 36.3 Å². The number of rotatable bonds is 4. The van der Waals surface area contributed by atoms with Crippen LogP contribution in [0.4, 0.5) is 0 Å². The number of ether oxygens (including phenoxy) is 1. The molecule has 0 aliphatic heterocycles. The number of carbonyl (C=O) groups excluding carboxylic acids is 1. The Morgan fingerprint density at radius 2 is 2.00 bits per heavy atom. The minimum atomic E-state index is -0.431. The van der Waals surface area contributed by atoms with E-state index in [1.54, 1.807) is 0 Å². The second-order valence-electron chi connectivity index (χ2n) is 4.09. The van der Waals surface area contributed by atoms with Gasteiger partial charge in [-0.05, 0) is 32.3 Å². The van der Waals surface area contributed by atoms with Gasteiger partial charge < -0.3 is 4.74 Å². The molecule has 0 aromatic heterocycles. The molecular weight excluding hydrogens is 212 g/mol. The van der Waals surface area contributed by atoms with Gasteiger partial charge in [0.25, 0.3) is 0 Å². The fraction of sp³-hybridized carbons (Fsp3) is 0.400. The number of hydrogen-bond donors (Lipinski definition) is 0. The molecule has 1 aromatic carbocycles. The lowest BCUT2D eigenvalue weighted by atomic mass is 10.1. The van der Waals surface area contributed by atoms with Gasteiger partial charge in [-0.3, -0.25) is 0 Å². The van der Waals surface area contributed by atoms with Crippen molar-refractivity contribution in [1.29, 1.82) is 0 Å². The molecule has 0 aliphatic carbocycles. The summed E-state index contributed by atoms with van der Waals surface area (Å²) in [5.41, 5.74) is 1.30. The molecule has 0 radical (unpaired) electrons. The van der Waals surface area contributed by atoms with E-state index in [2.05, 4.69) is 24.0 Å². The first-order valence-corrected chi connectivity index (χ1v) is 5.92. The Kier molecular flexibility index (Phi) is 5.88. The molecule has 0 bridgehead atoms. The van der Waals surface area contributed by atoms with Crippen molar-refractivity contribution in [3.8, 4) is 11.8 Å². The average Bonchev–Trinajstić information content (AvgIpc) is 2.29.